The molecule has 0 bridgehead atoms. The summed E-state index contributed by atoms with van der Waals surface area (Å²) in [5.74, 6) is 7.62. The molecule has 0 aromatic carbocycles. The monoisotopic (exact) mass is 371 g/mol. The normalized spacial score (nSPS) is 27.0. The summed E-state index contributed by atoms with van der Waals surface area (Å²) >= 11 is 1.84. The molecule has 0 atom stereocenters. The lowest BCUT2D eigenvalue weighted by molar-refractivity contribution is 0.124. The van der Waals surface area contributed by atoms with Crippen molar-refractivity contribution in [2.45, 2.75) is 76.3 Å². The number of nitrogens with two attached hydrogens (primary N) is 1. The Labute approximate surface area is 159 Å². The van der Waals surface area contributed by atoms with Gasteiger partial charge in [-0.2, -0.15) is 0 Å². The molecule has 0 spiro atoms. The first-order chi connectivity index (χ1) is 12.8. The zero-order valence-electron chi connectivity index (χ0n) is 15.5. The molecule has 2 aromatic heterocycles. The van der Waals surface area contributed by atoms with Crippen LogP contribution in [0.5, 0.6) is 0 Å². The molecule has 3 heterocycles. The molecule has 2 fully saturated rings. The van der Waals surface area contributed by atoms with Gasteiger partial charge in [0.15, 0.2) is 5.82 Å². The Bertz CT molecular complexity index is 774. The third-order valence-electron chi connectivity index (χ3n) is 6.69. The zero-order valence-corrected chi connectivity index (χ0v) is 16.3. The Morgan fingerprint density at radius 3 is 2.62 bits per heavy atom. The van der Waals surface area contributed by atoms with Gasteiger partial charge in [0.2, 0.25) is 0 Å². The standard InChI is InChI=1S/C20H29N5S/c21-25(15-9-7-14(8-10-15)24-11-2-1-3-12-24)19-18-16-5-4-6-17(16)26-20(18)23-13-22-19/h13-15H,1-12,21H2/t14-,15-. The van der Waals surface area contributed by atoms with Crippen molar-refractivity contribution in [1.29, 1.82) is 0 Å². The fourth-order valence-corrected chi connectivity index (χ4v) is 6.49. The lowest BCUT2D eigenvalue weighted by atomic mass is 9.88. The predicted molar refractivity (Wildman–Crippen MR) is 108 cm³/mol. The topological polar surface area (TPSA) is 58.3 Å². The molecule has 0 unspecified atom stereocenters. The molecule has 6 heteroatoms. The van der Waals surface area contributed by atoms with Crippen molar-refractivity contribution in [1.82, 2.24) is 14.9 Å². The smallest absolute Gasteiger partial charge is 0.155 e. The van der Waals surface area contributed by atoms with E-state index >= 15 is 0 Å². The van der Waals surface area contributed by atoms with Crippen LogP contribution in [0, 0.1) is 0 Å². The molecular weight excluding hydrogens is 342 g/mol. The SMILES string of the molecule is NN(c1ncnc2sc3c(c12)CCC3)[C@H]1CC[C@H](N2CCCCC2)CC1. The van der Waals surface area contributed by atoms with Crippen molar-refractivity contribution in [3.05, 3.63) is 16.8 Å². The van der Waals surface area contributed by atoms with E-state index < -0.39 is 0 Å². The number of hydrogen-bond acceptors (Lipinski definition) is 6. The van der Waals surface area contributed by atoms with E-state index in [0.29, 0.717) is 6.04 Å². The summed E-state index contributed by atoms with van der Waals surface area (Å²) in [7, 11) is 0. The number of piperidine rings is 1. The minimum absolute atomic E-state index is 0.408. The van der Waals surface area contributed by atoms with Crippen LogP contribution in [0.25, 0.3) is 10.2 Å². The van der Waals surface area contributed by atoms with Crippen molar-refractivity contribution in [2.24, 2.45) is 5.84 Å². The zero-order chi connectivity index (χ0) is 17.5. The summed E-state index contributed by atoms with van der Waals surface area (Å²) in [4.78, 5) is 14.5. The van der Waals surface area contributed by atoms with Gasteiger partial charge in [-0.05, 0) is 76.4 Å². The van der Waals surface area contributed by atoms with Gasteiger partial charge in [-0.3, -0.25) is 5.01 Å². The highest BCUT2D eigenvalue weighted by Gasteiger charge is 2.31. The summed E-state index contributed by atoms with van der Waals surface area (Å²) in [6, 6.07) is 1.18. The van der Waals surface area contributed by atoms with Crippen molar-refractivity contribution in [3.63, 3.8) is 0 Å². The van der Waals surface area contributed by atoms with E-state index in [1.54, 1.807) is 6.33 Å². The first-order valence-corrected chi connectivity index (χ1v) is 11.2. The molecular formula is C20H29N5S. The molecule has 26 heavy (non-hydrogen) atoms. The number of thiophene rings is 1. The number of hydrazine groups is 1. The molecule has 5 nitrogen and oxygen atoms in total. The van der Waals surface area contributed by atoms with E-state index in [9.17, 15) is 0 Å². The molecule has 140 valence electrons. The molecule has 2 aliphatic carbocycles. The molecule has 1 aliphatic heterocycles. The van der Waals surface area contributed by atoms with E-state index in [1.165, 1.54) is 86.7 Å². The highest BCUT2D eigenvalue weighted by atomic mass is 32.1. The number of aromatic nitrogens is 2. The Morgan fingerprint density at radius 2 is 1.81 bits per heavy atom. The fourth-order valence-electron chi connectivity index (χ4n) is 5.27. The maximum absolute atomic E-state index is 6.65. The molecule has 2 N–H and O–H groups in total. The van der Waals surface area contributed by atoms with Gasteiger partial charge in [0, 0.05) is 17.0 Å². The van der Waals surface area contributed by atoms with Crippen LogP contribution in [0.4, 0.5) is 5.82 Å². The van der Waals surface area contributed by atoms with Crippen LogP contribution in [-0.4, -0.2) is 40.0 Å². The first-order valence-electron chi connectivity index (χ1n) is 10.3. The second-order valence-corrected chi connectivity index (χ2v) is 9.28. The Kier molecular flexibility index (Phi) is 4.59. The van der Waals surface area contributed by atoms with Crippen LogP contribution in [0.1, 0.15) is 61.8 Å². The van der Waals surface area contributed by atoms with Crippen molar-refractivity contribution >= 4 is 27.4 Å². The van der Waals surface area contributed by atoms with E-state index in [0.717, 1.165) is 23.1 Å². The predicted octanol–water partition coefficient (Wildman–Crippen LogP) is 3.66. The summed E-state index contributed by atoms with van der Waals surface area (Å²) in [5, 5.41) is 3.23. The second kappa shape index (κ2) is 7.06. The van der Waals surface area contributed by atoms with Crippen LogP contribution >= 0.6 is 11.3 Å². The quantitative estimate of drug-likeness (QED) is 0.659. The Balaban J connectivity index is 1.33. The average Bonchev–Trinajstić information content (AvgIpc) is 3.29. The maximum Gasteiger partial charge on any atom is 0.155 e. The van der Waals surface area contributed by atoms with Crippen LogP contribution in [0.2, 0.25) is 0 Å². The highest BCUT2D eigenvalue weighted by molar-refractivity contribution is 7.19. The van der Waals surface area contributed by atoms with E-state index in [2.05, 4.69) is 14.9 Å². The summed E-state index contributed by atoms with van der Waals surface area (Å²) < 4.78 is 0. The van der Waals surface area contributed by atoms with E-state index in [-0.39, 0.29) is 0 Å². The van der Waals surface area contributed by atoms with Gasteiger partial charge >= 0.3 is 0 Å². The number of likely N-dealkylation sites (tertiary alicyclic amines) is 1. The first kappa shape index (κ1) is 16.9. The van der Waals surface area contributed by atoms with Crippen LogP contribution in [0.3, 0.4) is 0 Å². The van der Waals surface area contributed by atoms with Gasteiger partial charge in [-0.15, -0.1) is 11.3 Å². The van der Waals surface area contributed by atoms with Gasteiger partial charge in [-0.25, -0.2) is 15.8 Å². The molecule has 1 saturated heterocycles. The second-order valence-electron chi connectivity index (χ2n) is 8.20. The number of hydrogen-bond donors (Lipinski definition) is 1. The molecule has 0 radical (unpaired) electrons. The number of aryl methyl sites for hydroxylation is 2. The van der Waals surface area contributed by atoms with Gasteiger partial charge in [0.05, 0.1) is 5.39 Å². The molecule has 0 amide bonds. The largest absolute Gasteiger partial charge is 0.300 e. The maximum atomic E-state index is 6.65. The number of anilines is 1. The number of fused-ring (bicyclic) bond motifs is 3. The Morgan fingerprint density at radius 1 is 1.00 bits per heavy atom. The fraction of sp³-hybridized carbons (Fsp3) is 0.700. The Hall–Kier alpha value is -1.24. The van der Waals surface area contributed by atoms with Crippen LogP contribution in [0.15, 0.2) is 6.33 Å². The van der Waals surface area contributed by atoms with Crippen LogP contribution < -0.4 is 10.9 Å². The molecule has 1 saturated carbocycles. The van der Waals surface area contributed by atoms with Crippen molar-refractivity contribution < 1.29 is 0 Å². The van der Waals surface area contributed by atoms with Gasteiger partial charge in [0.1, 0.15) is 11.2 Å². The van der Waals surface area contributed by atoms with Gasteiger partial charge in [0.25, 0.3) is 0 Å². The lowest BCUT2D eigenvalue weighted by Gasteiger charge is -2.41. The van der Waals surface area contributed by atoms with Gasteiger partial charge in [-0.1, -0.05) is 6.42 Å². The average molecular weight is 372 g/mol. The van der Waals surface area contributed by atoms with Crippen molar-refractivity contribution in [2.75, 3.05) is 18.1 Å². The van der Waals surface area contributed by atoms with Gasteiger partial charge < -0.3 is 4.90 Å². The lowest BCUT2D eigenvalue weighted by Crippen LogP contribution is -2.48. The summed E-state index contributed by atoms with van der Waals surface area (Å²) in [6.45, 7) is 2.60. The van der Waals surface area contributed by atoms with E-state index in [4.69, 9.17) is 5.84 Å². The minimum Gasteiger partial charge on any atom is -0.300 e. The number of nitrogens with zero attached hydrogens (tertiary/aromatic N) is 4. The van der Waals surface area contributed by atoms with E-state index in [1.807, 2.05) is 16.3 Å². The highest BCUT2D eigenvalue weighted by Crippen LogP contribution is 2.40. The number of rotatable bonds is 3. The third-order valence-corrected chi connectivity index (χ3v) is 7.89. The summed E-state index contributed by atoms with van der Waals surface area (Å²) in [6.07, 6.45) is 14.4. The molecule has 3 aliphatic rings. The minimum atomic E-state index is 0.408. The van der Waals surface area contributed by atoms with Crippen molar-refractivity contribution in [3.8, 4) is 0 Å². The molecule has 5 rings (SSSR count). The third kappa shape index (κ3) is 2.92. The molecule has 2 aromatic rings. The van der Waals surface area contributed by atoms with Crippen LogP contribution in [-0.2, 0) is 12.8 Å². The summed E-state index contributed by atoms with van der Waals surface area (Å²) in [5.41, 5.74) is 1.47.